The van der Waals surface area contributed by atoms with Gasteiger partial charge in [-0.2, -0.15) is 0 Å². The van der Waals surface area contributed by atoms with Crippen LogP contribution in [-0.2, 0) is 24.1 Å². The number of fused-ring (bicyclic) bond motifs is 1. The fraction of sp³-hybridized carbons (Fsp3) is 0.750. The van der Waals surface area contributed by atoms with Gasteiger partial charge in [0, 0.05) is 23.8 Å². The first-order chi connectivity index (χ1) is 9.81. The van der Waals surface area contributed by atoms with Gasteiger partial charge in [-0.25, -0.2) is 4.98 Å². The zero-order valence-electron chi connectivity index (χ0n) is 12.1. The molecule has 110 valence electrons. The van der Waals surface area contributed by atoms with Crippen LogP contribution in [0.25, 0.3) is 0 Å². The molecular weight excluding hydrogens is 268 g/mol. The number of carbonyl (C=O) groups excluding carboxylic acids is 1. The van der Waals surface area contributed by atoms with Gasteiger partial charge in [0.05, 0.1) is 10.7 Å². The summed E-state index contributed by atoms with van der Waals surface area (Å²) in [7, 11) is 0. The van der Waals surface area contributed by atoms with Crippen LogP contribution in [0.4, 0.5) is 0 Å². The number of rotatable bonds is 4. The summed E-state index contributed by atoms with van der Waals surface area (Å²) >= 11 is 1.83. The Hall–Kier alpha value is -0.900. The molecule has 1 N–H and O–H groups in total. The van der Waals surface area contributed by atoms with Crippen molar-refractivity contribution in [1.29, 1.82) is 0 Å². The molecule has 3 rings (SSSR count). The Morgan fingerprint density at radius 1 is 1.15 bits per heavy atom. The van der Waals surface area contributed by atoms with E-state index in [1.165, 1.54) is 49.1 Å². The van der Waals surface area contributed by atoms with Gasteiger partial charge in [-0.1, -0.05) is 19.3 Å². The second kappa shape index (κ2) is 6.70. The summed E-state index contributed by atoms with van der Waals surface area (Å²) in [5.74, 6) is 0.213. The van der Waals surface area contributed by atoms with Crippen LogP contribution in [0.3, 0.4) is 0 Å². The number of thiazole rings is 1. The highest BCUT2D eigenvalue weighted by molar-refractivity contribution is 7.11. The summed E-state index contributed by atoms with van der Waals surface area (Å²) in [4.78, 5) is 18.2. The summed E-state index contributed by atoms with van der Waals surface area (Å²) in [6, 6.07) is 0.431. The zero-order valence-corrected chi connectivity index (χ0v) is 12.9. The average Bonchev–Trinajstić information content (AvgIpc) is 2.89. The van der Waals surface area contributed by atoms with Crippen LogP contribution in [0.2, 0.25) is 0 Å². The number of amides is 1. The predicted molar refractivity (Wildman–Crippen MR) is 82.1 cm³/mol. The van der Waals surface area contributed by atoms with Crippen LogP contribution in [0, 0.1) is 0 Å². The molecule has 0 atom stereocenters. The first kappa shape index (κ1) is 14.1. The van der Waals surface area contributed by atoms with Gasteiger partial charge in [0.15, 0.2) is 0 Å². The van der Waals surface area contributed by atoms with Gasteiger partial charge in [-0.05, 0) is 38.5 Å². The van der Waals surface area contributed by atoms with Crippen molar-refractivity contribution >= 4 is 17.2 Å². The van der Waals surface area contributed by atoms with Gasteiger partial charge >= 0.3 is 0 Å². The molecule has 0 aliphatic heterocycles. The molecule has 0 saturated heterocycles. The fourth-order valence-corrected chi connectivity index (χ4v) is 4.44. The van der Waals surface area contributed by atoms with Crippen LogP contribution >= 0.6 is 11.3 Å². The van der Waals surface area contributed by atoms with Gasteiger partial charge in [0.1, 0.15) is 0 Å². The smallest absolute Gasteiger partial charge is 0.220 e. The lowest BCUT2D eigenvalue weighted by molar-refractivity contribution is -0.121. The number of aromatic nitrogens is 1. The molecule has 1 amide bonds. The van der Waals surface area contributed by atoms with E-state index in [1.807, 2.05) is 11.3 Å². The van der Waals surface area contributed by atoms with Crippen LogP contribution in [0.5, 0.6) is 0 Å². The normalized spacial score (nSPS) is 19.6. The van der Waals surface area contributed by atoms with E-state index in [0.717, 1.165) is 30.7 Å². The van der Waals surface area contributed by atoms with E-state index in [2.05, 4.69) is 5.32 Å². The predicted octanol–water partition coefficient (Wildman–Crippen LogP) is 3.40. The maximum Gasteiger partial charge on any atom is 0.220 e. The molecule has 0 aromatic carbocycles. The largest absolute Gasteiger partial charge is 0.353 e. The summed E-state index contributed by atoms with van der Waals surface area (Å²) in [6.07, 6.45) is 12.5. The topological polar surface area (TPSA) is 42.0 Å². The fourth-order valence-electron chi connectivity index (χ4n) is 3.28. The molecule has 4 heteroatoms. The van der Waals surface area contributed by atoms with Gasteiger partial charge in [0.25, 0.3) is 0 Å². The standard InChI is InChI=1S/C16H24N2OS/c19-15(17-12-6-2-1-3-7-12)10-11-16-18-13-8-4-5-9-14(13)20-16/h12H,1-11H2,(H,17,19). The van der Waals surface area contributed by atoms with E-state index in [0.29, 0.717) is 12.5 Å². The van der Waals surface area contributed by atoms with Gasteiger partial charge in [0.2, 0.25) is 5.91 Å². The zero-order chi connectivity index (χ0) is 13.8. The summed E-state index contributed by atoms with van der Waals surface area (Å²) in [6.45, 7) is 0. The molecule has 20 heavy (non-hydrogen) atoms. The monoisotopic (exact) mass is 292 g/mol. The Morgan fingerprint density at radius 2 is 1.95 bits per heavy atom. The van der Waals surface area contributed by atoms with E-state index in [9.17, 15) is 4.79 Å². The third kappa shape index (κ3) is 3.60. The minimum atomic E-state index is 0.213. The van der Waals surface area contributed by atoms with Crippen molar-refractivity contribution in [2.45, 2.75) is 76.7 Å². The second-order valence-electron chi connectivity index (χ2n) is 6.09. The van der Waals surface area contributed by atoms with Gasteiger partial charge in [-0.15, -0.1) is 11.3 Å². The highest BCUT2D eigenvalue weighted by Crippen LogP contribution is 2.27. The Bertz CT molecular complexity index is 440. The molecule has 0 bridgehead atoms. The lowest BCUT2D eigenvalue weighted by Gasteiger charge is -2.22. The Balaban J connectivity index is 1.46. The molecule has 1 heterocycles. The minimum absolute atomic E-state index is 0.213. The highest BCUT2D eigenvalue weighted by Gasteiger charge is 2.17. The average molecular weight is 292 g/mol. The first-order valence-corrected chi connectivity index (χ1v) is 8.90. The second-order valence-corrected chi connectivity index (χ2v) is 7.26. The van der Waals surface area contributed by atoms with Crippen molar-refractivity contribution in [1.82, 2.24) is 10.3 Å². The van der Waals surface area contributed by atoms with Crippen LogP contribution in [-0.4, -0.2) is 16.9 Å². The molecule has 1 aromatic heterocycles. The molecule has 1 fully saturated rings. The molecule has 1 aromatic rings. The van der Waals surface area contributed by atoms with Crippen molar-refractivity contribution in [3.8, 4) is 0 Å². The lowest BCUT2D eigenvalue weighted by Crippen LogP contribution is -2.36. The van der Waals surface area contributed by atoms with Gasteiger partial charge < -0.3 is 5.32 Å². The third-order valence-electron chi connectivity index (χ3n) is 4.43. The SMILES string of the molecule is O=C(CCc1nc2c(s1)CCCC2)NC1CCCCC1. The Labute approximate surface area is 125 Å². The molecule has 0 spiro atoms. The molecule has 2 aliphatic rings. The third-order valence-corrected chi connectivity index (χ3v) is 5.64. The van der Waals surface area contributed by atoms with Crippen molar-refractivity contribution in [2.24, 2.45) is 0 Å². The van der Waals surface area contributed by atoms with E-state index >= 15 is 0 Å². The number of aryl methyl sites for hydroxylation is 3. The van der Waals surface area contributed by atoms with Crippen molar-refractivity contribution < 1.29 is 4.79 Å². The molecule has 1 saturated carbocycles. The summed E-state index contributed by atoms with van der Waals surface area (Å²) in [5.41, 5.74) is 1.31. The number of hydrogen-bond acceptors (Lipinski definition) is 3. The molecule has 0 unspecified atom stereocenters. The van der Waals surface area contributed by atoms with Crippen molar-refractivity contribution in [3.05, 3.63) is 15.6 Å². The number of nitrogens with zero attached hydrogens (tertiary/aromatic N) is 1. The Morgan fingerprint density at radius 3 is 2.75 bits per heavy atom. The quantitative estimate of drug-likeness (QED) is 0.924. The van der Waals surface area contributed by atoms with E-state index in [1.54, 1.807) is 0 Å². The highest BCUT2D eigenvalue weighted by atomic mass is 32.1. The Kier molecular flexibility index (Phi) is 4.71. The maximum atomic E-state index is 12.0. The van der Waals surface area contributed by atoms with E-state index in [-0.39, 0.29) is 5.91 Å². The van der Waals surface area contributed by atoms with Crippen molar-refractivity contribution in [2.75, 3.05) is 0 Å². The number of nitrogens with one attached hydrogen (secondary N) is 1. The minimum Gasteiger partial charge on any atom is -0.353 e. The van der Waals surface area contributed by atoms with E-state index in [4.69, 9.17) is 4.98 Å². The van der Waals surface area contributed by atoms with Crippen molar-refractivity contribution in [3.63, 3.8) is 0 Å². The maximum absolute atomic E-state index is 12.0. The number of hydrogen-bond donors (Lipinski definition) is 1. The molecule has 2 aliphatic carbocycles. The number of carbonyl (C=O) groups is 1. The first-order valence-electron chi connectivity index (χ1n) is 8.08. The van der Waals surface area contributed by atoms with E-state index < -0.39 is 0 Å². The van der Waals surface area contributed by atoms with Crippen LogP contribution in [0.15, 0.2) is 0 Å². The van der Waals surface area contributed by atoms with Crippen LogP contribution < -0.4 is 5.32 Å². The lowest BCUT2D eigenvalue weighted by atomic mass is 9.95. The van der Waals surface area contributed by atoms with Crippen LogP contribution in [0.1, 0.15) is 66.9 Å². The molecule has 0 radical (unpaired) electrons. The van der Waals surface area contributed by atoms with Gasteiger partial charge in [-0.3, -0.25) is 4.79 Å². The summed E-state index contributed by atoms with van der Waals surface area (Å²) in [5, 5.41) is 4.35. The molecular formula is C16H24N2OS. The summed E-state index contributed by atoms with van der Waals surface area (Å²) < 4.78 is 0. The molecule has 3 nitrogen and oxygen atoms in total.